The molecule has 0 spiro atoms. The number of nitrogens with one attached hydrogen (secondary N) is 1. The molecule has 1 N–H and O–H groups in total. The van der Waals surface area contributed by atoms with Crippen LogP contribution >= 0.6 is 15.9 Å². The van der Waals surface area contributed by atoms with Gasteiger partial charge in [-0.05, 0) is 47.0 Å². The summed E-state index contributed by atoms with van der Waals surface area (Å²) in [6.45, 7) is 4.35. The van der Waals surface area contributed by atoms with Crippen molar-refractivity contribution in [3.63, 3.8) is 0 Å². The van der Waals surface area contributed by atoms with Crippen molar-refractivity contribution in [2.24, 2.45) is 0 Å². The summed E-state index contributed by atoms with van der Waals surface area (Å²) in [5.41, 5.74) is 1.34. The van der Waals surface area contributed by atoms with Crippen molar-refractivity contribution in [2.45, 2.75) is 38.8 Å². The summed E-state index contributed by atoms with van der Waals surface area (Å²) in [6.07, 6.45) is 2.28. The van der Waals surface area contributed by atoms with Gasteiger partial charge in [0.15, 0.2) is 4.67 Å². The van der Waals surface area contributed by atoms with E-state index in [1.807, 2.05) is 12.1 Å². The molecule has 0 fully saturated rings. The topological polar surface area (TPSA) is 25.2 Å². The molecule has 0 radical (unpaired) electrons. The molecule has 19 heavy (non-hydrogen) atoms. The monoisotopic (exact) mass is 321 g/mol. The van der Waals surface area contributed by atoms with Crippen molar-refractivity contribution < 1.29 is 4.42 Å². The van der Waals surface area contributed by atoms with Gasteiger partial charge in [-0.1, -0.05) is 43.7 Å². The van der Waals surface area contributed by atoms with E-state index in [2.05, 4.69) is 65.4 Å². The quantitative estimate of drug-likeness (QED) is 0.787. The van der Waals surface area contributed by atoms with E-state index in [-0.39, 0.29) is 6.04 Å². The van der Waals surface area contributed by atoms with E-state index >= 15 is 0 Å². The van der Waals surface area contributed by atoms with Gasteiger partial charge in [0.2, 0.25) is 0 Å². The Labute approximate surface area is 123 Å². The van der Waals surface area contributed by atoms with Crippen molar-refractivity contribution in [1.82, 2.24) is 5.32 Å². The zero-order valence-electron chi connectivity index (χ0n) is 11.4. The predicted molar refractivity (Wildman–Crippen MR) is 82.0 cm³/mol. The molecule has 0 aliphatic carbocycles. The maximum atomic E-state index is 5.61. The lowest BCUT2D eigenvalue weighted by Gasteiger charge is -2.22. The maximum absolute atomic E-state index is 5.61. The third-order valence-corrected chi connectivity index (χ3v) is 3.68. The van der Waals surface area contributed by atoms with Gasteiger partial charge in [-0.25, -0.2) is 0 Å². The molecule has 0 saturated heterocycles. The summed E-state index contributed by atoms with van der Waals surface area (Å²) in [4.78, 5) is 0. The first-order valence-corrected chi connectivity index (χ1v) is 7.56. The zero-order valence-corrected chi connectivity index (χ0v) is 13.0. The van der Waals surface area contributed by atoms with Gasteiger partial charge in [0.1, 0.15) is 5.76 Å². The molecule has 2 aromatic rings. The third-order valence-electron chi connectivity index (χ3n) is 3.25. The highest BCUT2D eigenvalue weighted by molar-refractivity contribution is 9.10. The first-order chi connectivity index (χ1) is 9.20. The summed E-state index contributed by atoms with van der Waals surface area (Å²) in [7, 11) is 0. The number of hydrogen-bond donors (Lipinski definition) is 1. The van der Waals surface area contributed by atoms with Gasteiger partial charge in [0, 0.05) is 6.04 Å². The van der Waals surface area contributed by atoms with E-state index in [0.29, 0.717) is 6.04 Å². The van der Waals surface area contributed by atoms with Crippen LogP contribution in [0.15, 0.2) is 51.6 Å². The lowest BCUT2D eigenvalue weighted by atomic mass is 10.0. The molecular weight excluding hydrogens is 302 g/mol. The minimum atomic E-state index is 0.197. The van der Waals surface area contributed by atoms with E-state index in [1.165, 1.54) is 5.56 Å². The number of halogens is 1. The summed E-state index contributed by atoms with van der Waals surface area (Å²) in [6, 6.07) is 15.1. The Bertz CT molecular complexity index is 494. The van der Waals surface area contributed by atoms with Crippen molar-refractivity contribution in [2.75, 3.05) is 0 Å². The second-order valence-corrected chi connectivity index (χ2v) is 5.56. The van der Waals surface area contributed by atoms with Crippen LogP contribution in [-0.2, 0) is 0 Å². The van der Waals surface area contributed by atoms with E-state index in [0.717, 1.165) is 23.3 Å². The van der Waals surface area contributed by atoms with Gasteiger partial charge in [-0.3, -0.25) is 0 Å². The second kappa shape index (κ2) is 6.92. The highest BCUT2D eigenvalue weighted by Gasteiger charge is 2.16. The molecule has 1 aromatic carbocycles. The number of benzene rings is 1. The first-order valence-electron chi connectivity index (χ1n) is 6.77. The summed E-state index contributed by atoms with van der Waals surface area (Å²) < 4.78 is 6.39. The van der Waals surface area contributed by atoms with Gasteiger partial charge < -0.3 is 9.73 Å². The predicted octanol–water partition coefficient (Wildman–Crippen LogP) is 5.23. The Kier molecular flexibility index (Phi) is 5.23. The fourth-order valence-electron chi connectivity index (χ4n) is 2.27. The smallest absolute Gasteiger partial charge is 0.169 e. The molecule has 2 nitrogen and oxygen atoms in total. The molecule has 3 heteroatoms. The number of rotatable bonds is 6. The fourth-order valence-corrected chi connectivity index (χ4v) is 2.58. The molecule has 1 heterocycles. The zero-order chi connectivity index (χ0) is 13.7. The maximum Gasteiger partial charge on any atom is 0.169 e. The van der Waals surface area contributed by atoms with Crippen LogP contribution in [0, 0.1) is 0 Å². The average molecular weight is 322 g/mol. The van der Waals surface area contributed by atoms with Gasteiger partial charge in [0.05, 0.1) is 6.04 Å². The molecule has 0 amide bonds. The standard InChI is InChI=1S/C16H20BrNO/c1-3-7-14(13-8-5-4-6-9-13)18-12(2)15-10-11-16(17)19-15/h4-6,8-12,14,18H,3,7H2,1-2H3. The van der Waals surface area contributed by atoms with E-state index < -0.39 is 0 Å². The highest BCUT2D eigenvalue weighted by Crippen LogP contribution is 2.25. The molecular formula is C16H20BrNO. The van der Waals surface area contributed by atoms with Crippen LogP contribution in [-0.4, -0.2) is 0 Å². The molecule has 0 bridgehead atoms. The molecule has 0 aliphatic heterocycles. The minimum absolute atomic E-state index is 0.197. The number of furan rings is 1. The van der Waals surface area contributed by atoms with Gasteiger partial charge in [-0.15, -0.1) is 0 Å². The van der Waals surface area contributed by atoms with Gasteiger partial charge in [-0.2, -0.15) is 0 Å². The normalized spacial score (nSPS) is 14.3. The van der Waals surface area contributed by atoms with Crippen LogP contribution in [0.5, 0.6) is 0 Å². The SMILES string of the molecule is CCCC(NC(C)c1ccc(Br)o1)c1ccccc1. The van der Waals surface area contributed by atoms with Crippen LogP contribution in [0.25, 0.3) is 0 Å². The summed E-state index contributed by atoms with van der Waals surface area (Å²) in [5.74, 6) is 0.962. The summed E-state index contributed by atoms with van der Waals surface area (Å²) >= 11 is 3.35. The van der Waals surface area contributed by atoms with Crippen LogP contribution in [0.4, 0.5) is 0 Å². The Morgan fingerprint density at radius 1 is 1.16 bits per heavy atom. The molecule has 2 rings (SSSR count). The molecule has 1 aromatic heterocycles. The van der Waals surface area contributed by atoms with Crippen LogP contribution in [0.1, 0.15) is 50.1 Å². The Hall–Kier alpha value is -1.06. The highest BCUT2D eigenvalue weighted by atomic mass is 79.9. The first kappa shape index (κ1) is 14.4. The minimum Gasteiger partial charge on any atom is -0.453 e. The lowest BCUT2D eigenvalue weighted by molar-refractivity contribution is 0.373. The lowest BCUT2D eigenvalue weighted by Crippen LogP contribution is -2.24. The molecule has 0 saturated carbocycles. The fraction of sp³-hybridized carbons (Fsp3) is 0.375. The Balaban J connectivity index is 2.08. The van der Waals surface area contributed by atoms with Crippen molar-refractivity contribution in [1.29, 1.82) is 0 Å². The van der Waals surface area contributed by atoms with E-state index in [1.54, 1.807) is 0 Å². The van der Waals surface area contributed by atoms with Crippen LogP contribution < -0.4 is 5.32 Å². The van der Waals surface area contributed by atoms with Crippen LogP contribution in [0.2, 0.25) is 0 Å². The molecule has 2 atom stereocenters. The molecule has 0 aliphatic rings. The van der Waals surface area contributed by atoms with Gasteiger partial charge >= 0.3 is 0 Å². The van der Waals surface area contributed by atoms with Crippen molar-refractivity contribution in [3.05, 3.63) is 58.5 Å². The largest absolute Gasteiger partial charge is 0.453 e. The Morgan fingerprint density at radius 2 is 1.89 bits per heavy atom. The third kappa shape index (κ3) is 3.95. The second-order valence-electron chi connectivity index (χ2n) is 4.78. The molecule has 2 unspecified atom stereocenters. The van der Waals surface area contributed by atoms with Gasteiger partial charge in [0.25, 0.3) is 0 Å². The van der Waals surface area contributed by atoms with E-state index in [9.17, 15) is 0 Å². The number of hydrogen-bond acceptors (Lipinski definition) is 2. The summed E-state index contributed by atoms with van der Waals surface area (Å²) in [5, 5.41) is 3.65. The average Bonchev–Trinajstić information content (AvgIpc) is 2.86. The van der Waals surface area contributed by atoms with E-state index in [4.69, 9.17) is 4.42 Å². The molecule has 102 valence electrons. The Morgan fingerprint density at radius 3 is 2.47 bits per heavy atom. The van der Waals surface area contributed by atoms with Crippen LogP contribution in [0.3, 0.4) is 0 Å². The van der Waals surface area contributed by atoms with Crippen molar-refractivity contribution in [3.8, 4) is 0 Å². The van der Waals surface area contributed by atoms with Crippen molar-refractivity contribution >= 4 is 15.9 Å².